The fourth-order valence-corrected chi connectivity index (χ4v) is 1.36. The maximum absolute atomic E-state index is 10.5. The van der Waals surface area contributed by atoms with Crippen molar-refractivity contribution >= 4 is 5.97 Å². The third-order valence-electron chi connectivity index (χ3n) is 2.12. The number of ether oxygens (including phenoxy) is 2. The summed E-state index contributed by atoms with van der Waals surface area (Å²) in [6.07, 6.45) is 3.06. The molecule has 0 aliphatic carbocycles. The molecule has 1 aliphatic heterocycles. The Morgan fingerprint density at radius 2 is 2.60 bits per heavy atom. The number of aromatic carboxylic acids is 1. The number of carboxylic acids is 1. The zero-order chi connectivity index (χ0) is 10.7. The molecule has 0 radical (unpaired) electrons. The van der Waals surface area contributed by atoms with Gasteiger partial charge in [-0.2, -0.15) is 4.98 Å². The highest BCUT2D eigenvalue weighted by Gasteiger charge is 2.18. The highest BCUT2D eigenvalue weighted by molar-refractivity contribution is 5.84. The molecule has 82 valence electrons. The molecule has 1 aromatic rings. The average molecular weight is 213 g/mol. The first-order valence-corrected chi connectivity index (χ1v) is 4.69. The van der Waals surface area contributed by atoms with Crippen LogP contribution in [0.3, 0.4) is 0 Å². The van der Waals surface area contributed by atoms with Crippen LogP contribution in [0.2, 0.25) is 0 Å². The zero-order valence-corrected chi connectivity index (χ0v) is 8.01. The highest BCUT2D eigenvalue weighted by atomic mass is 16.6. The quantitative estimate of drug-likeness (QED) is 0.801. The second kappa shape index (κ2) is 4.31. The van der Waals surface area contributed by atoms with Gasteiger partial charge in [-0.25, -0.2) is 4.79 Å². The van der Waals surface area contributed by atoms with Crippen molar-refractivity contribution in [3.63, 3.8) is 0 Å². The first-order chi connectivity index (χ1) is 7.25. The van der Waals surface area contributed by atoms with Gasteiger partial charge in [0.2, 0.25) is 0 Å². The number of carboxylic acid groups (broad SMARTS) is 1. The van der Waals surface area contributed by atoms with Crippen LogP contribution in [0.4, 0.5) is 0 Å². The van der Waals surface area contributed by atoms with E-state index in [4.69, 9.17) is 19.0 Å². The van der Waals surface area contributed by atoms with Gasteiger partial charge in [0, 0.05) is 6.61 Å². The molecule has 0 saturated carbocycles. The standard InChI is InChI=1S/C9H11NO5/c11-8(12)7-5-15-9(10-7)14-4-6-2-1-3-13-6/h5-6H,1-4H2,(H,11,12). The Morgan fingerprint density at radius 1 is 1.73 bits per heavy atom. The lowest BCUT2D eigenvalue weighted by atomic mass is 10.2. The average Bonchev–Trinajstić information content (AvgIpc) is 2.86. The first-order valence-electron chi connectivity index (χ1n) is 4.69. The van der Waals surface area contributed by atoms with E-state index in [2.05, 4.69) is 4.98 Å². The first kappa shape index (κ1) is 9.97. The van der Waals surface area contributed by atoms with Crippen LogP contribution in [0.5, 0.6) is 6.08 Å². The maximum atomic E-state index is 10.5. The molecule has 15 heavy (non-hydrogen) atoms. The molecule has 1 aromatic heterocycles. The maximum Gasteiger partial charge on any atom is 0.394 e. The van der Waals surface area contributed by atoms with Crippen LogP contribution < -0.4 is 4.74 Å². The van der Waals surface area contributed by atoms with E-state index < -0.39 is 5.97 Å². The van der Waals surface area contributed by atoms with Gasteiger partial charge in [-0.05, 0) is 12.8 Å². The summed E-state index contributed by atoms with van der Waals surface area (Å²) in [6, 6.07) is 0. The fraction of sp³-hybridized carbons (Fsp3) is 0.556. The van der Waals surface area contributed by atoms with E-state index in [0.29, 0.717) is 6.61 Å². The Balaban J connectivity index is 1.84. The van der Waals surface area contributed by atoms with Crippen molar-refractivity contribution in [2.24, 2.45) is 0 Å². The Kier molecular flexibility index (Phi) is 2.86. The van der Waals surface area contributed by atoms with Gasteiger partial charge < -0.3 is 19.0 Å². The minimum absolute atomic E-state index is 0.0251. The van der Waals surface area contributed by atoms with Crippen molar-refractivity contribution in [1.29, 1.82) is 0 Å². The number of hydrogen-bond donors (Lipinski definition) is 1. The molecule has 1 atom stereocenters. The van der Waals surface area contributed by atoms with Crippen molar-refractivity contribution in [1.82, 2.24) is 4.98 Å². The minimum atomic E-state index is -1.13. The van der Waals surface area contributed by atoms with E-state index in [1.54, 1.807) is 0 Å². The van der Waals surface area contributed by atoms with Crippen molar-refractivity contribution in [3.05, 3.63) is 12.0 Å². The molecule has 1 unspecified atom stereocenters. The second-order valence-corrected chi connectivity index (χ2v) is 3.25. The van der Waals surface area contributed by atoms with Crippen LogP contribution in [0, 0.1) is 0 Å². The molecule has 6 heteroatoms. The zero-order valence-electron chi connectivity index (χ0n) is 8.01. The van der Waals surface area contributed by atoms with Crippen molar-refractivity contribution in [2.75, 3.05) is 13.2 Å². The lowest BCUT2D eigenvalue weighted by molar-refractivity contribution is 0.0564. The van der Waals surface area contributed by atoms with Gasteiger partial charge in [0.15, 0.2) is 5.69 Å². The lowest BCUT2D eigenvalue weighted by Gasteiger charge is -2.07. The number of hydrogen-bond acceptors (Lipinski definition) is 5. The molecule has 1 aliphatic rings. The topological polar surface area (TPSA) is 81.8 Å². The summed E-state index contributed by atoms with van der Waals surface area (Å²) in [5.41, 5.74) is -0.155. The fourth-order valence-electron chi connectivity index (χ4n) is 1.36. The van der Waals surface area contributed by atoms with Gasteiger partial charge in [0.05, 0.1) is 6.10 Å². The van der Waals surface area contributed by atoms with Crippen LogP contribution in [-0.4, -0.2) is 35.4 Å². The summed E-state index contributed by atoms with van der Waals surface area (Å²) in [5.74, 6) is -1.13. The second-order valence-electron chi connectivity index (χ2n) is 3.25. The SMILES string of the molecule is O=C(O)c1coc(OCC2CCCO2)n1. The molecule has 2 rings (SSSR count). The molecule has 1 saturated heterocycles. The predicted molar refractivity (Wildman–Crippen MR) is 47.9 cm³/mol. The molecule has 6 nitrogen and oxygen atoms in total. The molecule has 1 N–H and O–H groups in total. The van der Waals surface area contributed by atoms with Gasteiger partial charge in [0.1, 0.15) is 12.9 Å². The van der Waals surface area contributed by atoms with Gasteiger partial charge >= 0.3 is 12.0 Å². The number of aromatic nitrogens is 1. The summed E-state index contributed by atoms with van der Waals surface area (Å²) in [5, 5.41) is 8.58. The molecule has 0 spiro atoms. The van der Waals surface area contributed by atoms with E-state index in [-0.39, 0.29) is 17.9 Å². The van der Waals surface area contributed by atoms with Crippen molar-refractivity contribution in [2.45, 2.75) is 18.9 Å². The van der Waals surface area contributed by atoms with Crippen molar-refractivity contribution < 1.29 is 23.8 Å². The Bertz CT molecular complexity index is 342. The van der Waals surface area contributed by atoms with E-state index in [1.165, 1.54) is 0 Å². The van der Waals surface area contributed by atoms with Gasteiger partial charge in [-0.3, -0.25) is 0 Å². The van der Waals surface area contributed by atoms with E-state index in [9.17, 15) is 4.79 Å². The molecule has 1 fully saturated rings. The Hall–Kier alpha value is -1.56. The summed E-state index contributed by atoms with van der Waals surface area (Å²) >= 11 is 0. The summed E-state index contributed by atoms with van der Waals surface area (Å²) in [7, 11) is 0. The molecular weight excluding hydrogens is 202 g/mol. The summed E-state index contributed by atoms with van der Waals surface area (Å²) < 4.78 is 15.3. The van der Waals surface area contributed by atoms with E-state index >= 15 is 0 Å². The number of carbonyl (C=O) groups is 1. The number of rotatable bonds is 4. The van der Waals surface area contributed by atoms with Crippen LogP contribution in [0.25, 0.3) is 0 Å². The van der Waals surface area contributed by atoms with Crippen LogP contribution in [-0.2, 0) is 4.74 Å². The third kappa shape index (κ3) is 2.47. The minimum Gasteiger partial charge on any atom is -0.476 e. The van der Waals surface area contributed by atoms with Crippen LogP contribution >= 0.6 is 0 Å². The highest BCUT2D eigenvalue weighted by Crippen LogP contribution is 2.15. The molecule has 0 aromatic carbocycles. The normalized spacial score (nSPS) is 20.4. The third-order valence-corrected chi connectivity index (χ3v) is 2.12. The van der Waals surface area contributed by atoms with Crippen LogP contribution in [0.15, 0.2) is 10.7 Å². The number of nitrogens with zero attached hydrogens (tertiary/aromatic N) is 1. The molecule has 0 bridgehead atoms. The Morgan fingerprint density at radius 3 is 3.20 bits per heavy atom. The lowest BCUT2D eigenvalue weighted by Crippen LogP contribution is -2.16. The summed E-state index contributed by atoms with van der Waals surface area (Å²) in [4.78, 5) is 14.1. The molecular formula is C9H11NO5. The van der Waals surface area contributed by atoms with Gasteiger partial charge in [-0.15, -0.1) is 0 Å². The van der Waals surface area contributed by atoms with E-state index in [1.807, 2.05) is 0 Å². The molecule has 2 heterocycles. The smallest absolute Gasteiger partial charge is 0.394 e. The largest absolute Gasteiger partial charge is 0.476 e. The van der Waals surface area contributed by atoms with Gasteiger partial charge in [0.25, 0.3) is 0 Å². The Labute approximate surface area is 85.8 Å². The summed E-state index contributed by atoms with van der Waals surface area (Å²) in [6.45, 7) is 1.10. The van der Waals surface area contributed by atoms with E-state index in [0.717, 1.165) is 25.7 Å². The molecule has 0 amide bonds. The van der Waals surface area contributed by atoms with Gasteiger partial charge in [-0.1, -0.05) is 0 Å². The predicted octanol–water partition coefficient (Wildman–Crippen LogP) is 0.931. The number of oxazole rings is 1. The monoisotopic (exact) mass is 213 g/mol. The van der Waals surface area contributed by atoms with Crippen LogP contribution in [0.1, 0.15) is 23.3 Å². The van der Waals surface area contributed by atoms with Crippen molar-refractivity contribution in [3.8, 4) is 6.08 Å².